The molecule has 2 nitrogen and oxygen atoms in total. The Morgan fingerprint density at radius 1 is 0.686 bits per heavy atom. The second-order valence-corrected chi connectivity index (χ2v) is 35.6. The Bertz CT molecular complexity index is 837. The largest absolute Gasteiger partial charge is 1.00 e. The maximum absolute atomic E-state index is 6.33. The van der Waals surface area contributed by atoms with Crippen LogP contribution in [0, 0.1) is 5.92 Å². The first-order chi connectivity index (χ1) is 15.0. The first-order valence-electron chi connectivity index (χ1n) is 12.9. The van der Waals surface area contributed by atoms with Crippen molar-refractivity contribution in [1.29, 1.82) is 0 Å². The average Bonchev–Trinajstić information content (AvgIpc) is 3.24. The van der Waals surface area contributed by atoms with Crippen LogP contribution in [-0.2, 0) is 32.1 Å². The van der Waals surface area contributed by atoms with Crippen molar-refractivity contribution < 1.29 is 56.9 Å². The van der Waals surface area contributed by atoms with Crippen molar-refractivity contribution in [2.24, 2.45) is 5.92 Å². The van der Waals surface area contributed by atoms with E-state index in [0.717, 1.165) is 13.2 Å². The van der Waals surface area contributed by atoms with Crippen LogP contribution >= 0.6 is 0 Å². The summed E-state index contributed by atoms with van der Waals surface area (Å²) in [5, 5.41) is 3.76. The quantitative estimate of drug-likeness (QED) is 0.333. The zero-order valence-corrected chi connectivity index (χ0v) is 32.0. The van der Waals surface area contributed by atoms with Crippen LogP contribution < -0.4 is 24.8 Å². The van der Waals surface area contributed by atoms with Gasteiger partial charge in [0.25, 0.3) is 0 Å². The summed E-state index contributed by atoms with van der Waals surface area (Å²) < 4.78 is 16.5. The van der Waals surface area contributed by atoms with E-state index in [4.69, 9.17) is 8.85 Å². The first kappa shape index (κ1) is 34.2. The predicted octanol–water partition coefficient (Wildman–Crippen LogP) is 2.09. The smallest absolute Gasteiger partial charge is 1.00 e. The van der Waals surface area contributed by atoms with E-state index in [-0.39, 0.29) is 24.8 Å². The molecule has 0 atom stereocenters. The minimum atomic E-state index is -1.51. The summed E-state index contributed by atoms with van der Waals surface area (Å²) in [5.74, 6) is 0.569. The van der Waals surface area contributed by atoms with E-state index < -0.39 is 56.0 Å². The van der Waals surface area contributed by atoms with Crippen LogP contribution in [0.2, 0.25) is 77.6 Å². The zero-order valence-electron chi connectivity index (χ0n) is 24.0. The molecule has 1 aliphatic heterocycles. The Balaban J connectivity index is 0.00000306. The summed E-state index contributed by atoms with van der Waals surface area (Å²) in [6.45, 7) is 28.9. The van der Waals surface area contributed by atoms with Crippen molar-refractivity contribution in [2.45, 2.75) is 97.3 Å². The molecule has 0 aromatic heterocycles. The molecule has 4 bridgehead atoms. The maximum Gasteiger partial charge on any atom is -1.00 e. The van der Waals surface area contributed by atoms with Gasteiger partial charge in [-0.05, 0) is 0 Å². The number of fused-ring (bicyclic) bond motifs is 2. The van der Waals surface area contributed by atoms with Crippen LogP contribution in [0.15, 0.2) is 40.3 Å². The van der Waals surface area contributed by atoms with Crippen molar-refractivity contribution >= 4 is 32.8 Å². The van der Waals surface area contributed by atoms with Crippen LogP contribution in [0.1, 0.15) is 19.8 Å². The molecule has 3 rings (SSSR count). The van der Waals surface area contributed by atoms with Gasteiger partial charge < -0.3 is 24.8 Å². The molecule has 0 amide bonds. The number of allylic oxidation sites excluding steroid dienone is 8. The molecule has 0 radical (unpaired) electrons. The normalized spacial score (nSPS) is 18.7. The first-order valence-corrected chi connectivity index (χ1v) is 28.6. The van der Waals surface area contributed by atoms with Gasteiger partial charge in [0.05, 0.1) is 0 Å². The van der Waals surface area contributed by atoms with Crippen molar-refractivity contribution in [1.82, 2.24) is 0 Å². The van der Waals surface area contributed by atoms with Crippen LogP contribution in [0.25, 0.3) is 0 Å². The molecule has 0 aromatic rings. The molecule has 198 valence electrons. The SMILES string of the molecule is CC1C2=CC[C](=C2[Si](C)(C)CCO[Si](C)(C)C)[Zr+2][C]2=C([Si](C)(C)CCO[Si](C)(C)C)C1=CC2.[Cl-].[Cl-]. The molecular weight excluding hydrogens is 619 g/mol. The van der Waals surface area contributed by atoms with E-state index in [2.05, 4.69) is 84.5 Å². The molecule has 0 fully saturated rings. The van der Waals surface area contributed by atoms with Gasteiger partial charge in [-0.25, -0.2) is 0 Å². The third-order valence-electron chi connectivity index (χ3n) is 7.35. The molecule has 35 heavy (non-hydrogen) atoms. The van der Waals surface area contributed by atoms with Gasteiger partial charge in [-0.1, -0.05) is 0 Å². The van der Waals surface area contributed by atoms with Crippen molar-refractivity contribution in [3.63, 3.8) is 0 Å². The number of rotatable bonds is 10. The monoisotopic (exact) mass is 664 g/mol. The standard InChI is InChI=1S/C26H48O2Si4.2ClH.Zr/c1-22(23-14-12-16-25(23)31(8,9)20-18-27-29(2,3)4)24-15-13-17-26(24)32(10,11)21-19-28-30(5,6)7;;;/h14-15,22H,12-13,18-21H2,1-11H3;2*1H;/q;;;+2/p-2. The van der Waals surface area contributed by atoms with Gasteiger partial charge in [-0.2, -0.15) is 0 Å². The molecular formula is C26H48Cl2O2Si4Zr. The topological polar surface area (TPSA) is 18.5 Å². The molecule has 0 unspecified atom stereocenters. The Kier molecular flexibility index (Phi) is 12.3. The fourth-order valence-corrected chi connectivity index (χ4v) is 22.2. The minimum absolute atomic E-state index is 0. The van der Waals surface area contributed by atoms with Gasteiger partial charge >= 0.3 is 222 Å². The molecule has 0 saturated carbocycles. The van der Waals surface area contributed by atoms with Gasteiger partial charge in [-0.3, -0.25) is 0 Å². The maximum atomic E-state index is 6.33. The summed E-state index contributed by atoms with van der Waals surface area (Å²) in [4.78, 5) is 0. The summed E-state index contributed by atoms with van der Waals surface area (Å²) in [7, 11) is -5.89. The molecule has 0 spiro atoms. The minimum Gasteiger partial charge on any atom is -1.00 e. The molecule has 2 aliphatic carbocycles. The molecule has 9 heteroatoms. The molecule has 1 heterocycles. The Morgan fingerprint density at radius 2 is 1.03 bits per heavy atom. The van der Waals surface area contributed by atoms with Crippen molar-refractivity contribution in [2.75, 3.05) is 13.2 Å². The second kappa shape index (κ2) is 12.6. The van der Waals surface area contributed by atoms with E-state index in [1.54, 1.807) is 11.1 Å². The van der Waals surface area contributed by atoms with E-state index in [0.29, 0.717) is 5.92 Å². The fourth-order valence-electron chi connectivity index (χ4n) is 5.62. The summed E-state index contributed by atoms with van der Waals surface area (Å²) in [5.41, 5.74) is 3.45. The fraction of sp³-hybridized carbons (Fsp3) is 0.692. The van der Waals surface area contributed by atoms with E-state index in [1.807, 2.05) is 17.0 Å². The number of hydrogen-bond donors (Lipinski definition) is 0. The van der Waals surface area contributed by atoms with Crippen molar-refractivity contribution in [3.8, 4) is 0 Å². The van der Waals surface area contributed by atoms with Gasteiger partial charge in [-0.15, -0.1) is 0 Å². The van der Waals surface area contributed by atoms with Crippen LogP contribution in [0.3, 0.4) is 0 Å². The number of halogens is 2. The third kappa shape index (κ3) is 8.60. The van der Waals surface area contributed by atoms with Gasteiger partial charge in [0.15, 0.2) is 0 Å². The summed E-state index contributed by atoms with van der Waals surface area (Å²) in [6, 6.07) is 2.55. The Hall–Kier alpha value is 1.21. The summed E-state index contributed by atoms with van der Waals surface area (Å²) in [6.07, 6.45) is 7.81. The van der Waals surface area contributed by atoms with Crippen LogP contribution in [0.5, 0.6) is 0 Å². The molecule has 0 N–H and O–H groups in total. The van der Waals surface area contributed by atoms with Gasteiger partial charge in [0.1, 0.15) is 0 Å². The molecule has 3 aliphatic rings. The Morgan fingerprint density at radius 3 is 1.34 bits per heavy atom. The van der Waals surface area contributed by atoms with Crippen molar-refractivity contribution in [3.05, 3.63) is 40.3 Å². The van der Waals surface area contributed by atoms with E-state index >= 15 is 0 Å². The second-order valence-electron chi connectivity index (χ2n) is 13.5. The van der Waals surface area contributed by atoms with Crippen LogP contribution in [-0.4, -0.2) is 46.0 Å². The molecule has 0 aromatic carbocycles. The molecule has 0 saturated heterocycles. The Labute approximate surface area is 244 Å². The average molecular weight is 667 g/mol. The van der Waals surface area contributed by atoms with Gasteiger partial charge in [0, 0.05) is 0 Å². The van der Waals surface area contributed by atoms with Gasteiger partial charge in [0.2, 0.25) is 0 Å². The van der Waals surface area contributed by atoms with E-state index in [1.165, 1.54) is 24.9 Å². The predicted molar refractivity (Wildman–Crippen MR) is 152 cm³/mol. The van der Waals surface area contributed by atoms with E-state index in [9.17, 15) is 0 Å². The third-order valence-corrected chi connectivity index (χ3v) is 21.2. The zero-order chi connectivity index (χ0) is 24.8. The summed E-state index contributed by atoms with van der Waals surface area (Å²) >= 11 is -0.707. The number of hydrogen-bond acceptors (Lipinski definition) is 2. The van der Waals surface area contributed by atoms with Crippen LogP contribution in [0.4, 0.5) is 0 Å².